The summed E-state index contributed by atoms with van der Waals surface area (Å²) in [7, 11) is -3.30. The largest absolute Gasteiger partial charge is 0.490 e. The van der Waals surface area contributed by atoms with Crippen LogP contribution in [0.2, 0.25) is 5.02 Å². The van der Waals surface area contributed by atoms with E-state index >= 15 is 0 Å². The minimum Gasteiger partial charge on any atom is -0.490 e. The molecular formula is C21H26ClNO4S. The summed E-state index contributed by atoms with van der Waals surface area (Å²) in [6.07, 6.45) is 1.84. The van der Waals surface area contributed by atoms with Crippen LogP contribution in [0.4, 0.5) is 0 Å². The third-order valence-electron chi connectivity index (χ3n) is 4.83. The van der Waals surface area contributed by atoms with Crippen LogP contribution in [-0.2, 0) is 9.84 Å². The van der Waals surface area contributed by atoms with Gasteiger partial charge in [0.1, 0.15) is 6.10 Å². The first-order valence-corrected chi connectivity index (χ1v) is 11.6. The third-order valence-corrected chi connectivity index (χ3v) is 6.79. The third kappa shape index (κ3) is 5.63. The van der Waals surface area contributed by atoms with E-state index in [-0.39, 0.29) is 11.9 Å². The number of ether oxygens (including phenoxy) is 2. The Kier molecular flexibility index (Phi) is 7.21. The second kappa shape index (κ2) is 9.63. The molecule has 1 fully saturated rings. The minimum atomic E-state index is -3.30. The van der Waals surface area contributed by atoms with Crippen molar-refractivity contribution >= 4 is 21.4 Å². The molecule has 0 radical (unpaired) electrons. The van der Waals surface area contributed by atoms with Crippen molar-refractivity contribution in [3.63, 3.8) is 0 Å². The van der Waals surface area contributed by atoms with E-state index in [1.165, 1.54) is 0 Å². The van der Waals surface area contributed by atoms with E-state index in [9.17, 15) is 8.42 Å². The lowest BCUT2D eigenvalue weighted by Gasteiger charge is -2.32. The topological polar surface area (TPSA) is 55.8 Å². The molecular weight excluding hydrogens is 398 g/mol. The first-order valence-electron chi connectivity index (χ1n) is 9.57. The average Bonchev–Trinajstić information content (AvgIpc) is 2.69. The molecule has 0 aromatic heterocycles. The van der Waals surface area contributed by atoms with Gasteiger partial charge in [0.05, 0.1) is 17.3 Å². The fourth-order valence-electron chi connectivity index (χ4n) is 3.26. The van der Waals surface area contributed by atoms with Gasteiger partial charge in [-0.15, -0.1) is 0 Å². The molecule has 0 saturated carbocycles. The summed E-state index contributed by atoms with van der Waals surface area (Å²) in [4.78, 5) is 2.50. The SMILES string of the molecule is CCOc1ccccc1OC1CCN(CCS(=O)(=O)c2ccc(Cl)cc2)CC1. The molecule has 1 aliphatic rings. The number of sulfone groups is 1. The molecule has 0 spiro atoms. The van der Waals surface area contributed by atoms with E-state index in [0.29, 0.717) is 23.1 Å². The minimum absolute atomic E-state index is 0.104. The molecule has 3 rings (SSSR count). The van der Waals surface area contributed by atoms with E-state index in [1.807, 2.05) is 31.2 Å². The maximum Gasteiger partial charge on any atom is 0.179 e. The maximum atomic E-state index is 12.5. The summed E-state index contributed by atoms with van der Waals surface area (Å²) in [5, 5.41) is 0.534. The Balaban J connectivity index is 1.49. The van der Waals surface area contributed by atoms with Crippen molar-refractivity contribution < 1.29 is 17.9 Å². The zero-order valence-corrected chi connectivity index (χ0v) is 17.6. The molecule has 0 bridgehead atoms. The molecule has 0 amide bonds. The van der Waals surface area contributed by atoms with Gasteiger partial charge < -0.3 is 14.4 Å². The average molecular weight is 424 g/mol. The Labute approximate surface area is 172 Å². The van der Waals surface area contributed by atoms with Crippen molar-refractivity contribution in [2.24, 2.45) is 0 Å². The van der Waals surface area contributed by atoms with Crippen molar-refractivity contribution in [3.8, 4) is 11.5 Å². The molecule has 5 nitrogen and oxygen atoms in total. The molecule has 7 heteroatoms. The highest BCUT2D eigenvalue weighted by Gasteiger charge is 2.23. The van der Waals surface area contributed by atoms with E-state index in [4.69, 9.17) is 21.1 Å². The quantitative estimate of drug-likeness (QED) is 0.641. The van der Waals surface area contributed by atoms with Gasteiger partial charge in [-0.25, -0.2) is 8.42 Å². The number of nitrogens with zero attached hydrogens (tertiary/aromatic N) is 1. The van der Waals surface area contributed by atoms with Gasteiger partial charge >= 0.3 is 0 Å². The predicted octanol–water partition coefficient (Wildman–Crippen LogP) is 4.06. The van der Waals surface area contributed by atoms with E-state index < -0.39 is 9.84 Å². The molecule has 1 saturated heterocycles. The van der Waals surface area contributed by atoms with Gasteiger partial charge in [0, 0.05) is 24.7 Å². The second-order valence-electron chi connectivity index (χ2n) is 6.81. The first-order chi connectivity index (χ1) is 13.5. The van der Waals surface area contributed by atoms with Crippen molar-refractivity contribution in [1.82, 2.24) is 4.90 Å². The van der Waals surface area contributed by atoms with Crippen molar-refractivity contribution in [3.05, 3.63) is 53.6 Å². The number of likely N-dealkylation sites (tertiary alicyclic amines) is 1. The van der Waals surface area contributed by atoms with Gasteiger partial charge in [0.15, 0.2) is 21.3 Å². The van der Waals surface area contributed by atoms with Gasteiger partial charge in [0.2, 0.25) is 0 Å². The molecule has 2 aromatic rings. The predicted molar refractivity (Wildman–Crippen MR) is 111 cm³/mol. The Hall–Kier alpha value is -1.76. The number of rotatable bonds is 8. The maximum absolute atomic E-state index is 12.5. The monoisotopic (exact) mass is 423 g/mol. The van der Waals surface area contributed by atoms with Gasteiger partial charge in [0.25, 0.3) is 0 Å². The van der Waals surface area contributed by atoms with Gasteiger partial charge in [-0.3, -0.25) is 0 Å². The van der Waals surface area contributed by atoms with Gasteiger partial charge in [-0.1, -0.05) is 23.7 Å². The molecule has 0 atom stereocenters. The summed E-state index contributed by atoms with van der Waals surface area (Å²) in [6.45, 7) is 4.71. The van der Waals surface area contributed by atoms with Crippen LogP contribution >= 0.6 is 11.6 Å². The highest BCUT2D eigenvalue weighted by atomic mass is 35.5. The van der Waals surface area contributed by atoms with Crippen LogP contribution in [0.15, 0.2) is 53.4 Å². The van der Waals surface area contributed by atoms with Gasteiger partial charge in [-0.2, -0.15) is 0 Å². The number of para-hydroxylation sites is 2. The first kappa shape index (κ1) is 21.0. The van der Waals surface area contributed by atoms with Crippen LogP contribution in [0, 0.1) is 0 Å². The number of hydrogen-bond acceptors (Lipinski definition) is 5. The standard InChI is InChI=1S/C21H26ClNO4S/c1-2-26-20-5-3-4-6-21(20)27-18-11-13-23(14-12-18)15-16-28(24,25)19-9-7-17(22)8-10-19/h3-10,18H,2,11-16H2,1H3. The highest BCUT2D eigenvalue weighted by molar-refractivity contribution is 7.91. The fraction of sp³-hybridized carbons (Fsp3) is 0.429. The Morgan fingerprint density at radius 1 is 1.04 bits per heavy atom. The number of halogens is 1. The van der Waals surface area contributed by atoms with Crippen LogP contribution in [-0.4, -0.2) is 51.4 Å². The Morgan fingerprint density at radius 2 is 1.68 bits per heavy atom. The van der Waals surface area contributed by atoms with E-state index in [1.54, 1.807) is 24.3 Å². The molecule has 152 valence electrons. The molecule has 1 aliphatic heterocycles. The smallest absolute Gasteiger partial charge is 0.179 e. The molecule has 0 unspecified atom stereocenters. The zero-order valence-electron chi connectivity index (χ0n) is 16.0. The normalized spacial score (nSPS) is 16.1. The Bertz CT molecular complexity index is 862. The molecule has 1 heterocycles. The van der Waals surface area contributed by atoms with Crippen molar-refractivity contribution in [2.75, 3.05) is 32.0 Å². The van der Waals surface area contributed by atoms with Crippen LogP contribution < -0.4 is 9.47 Å². The number of benzene rings is 2. The summed E-state index contributed by atoms with van der Waals surface area (Å²) >= 11 is 5.84. The molecule has 2 aromatic carbocycles. The number of piperidine rings is 1. The molecule has 0 aliphatic carbocycles. The summed E-state index contributed by atoms with van der Waals surface area (Å²) in [6, 6.07) is 14.1. The van der Waals surface area contributed by atoms with E-state index in [0.717, 1.165) is 37.4 Å². The summed E-state index contributed by atoms with van der Waals surface area (Å²) in [5.41, 5.74) is 0. The Morgan fingerprint density at radius 3 is 2.32 bits per heavy atom. The van der Waals surface area contributed by atoms with Crippen molar-refractivity contribution in [2.45, 2.75) is 30.8 Å². The van der Waals surface area contributed by atoms with Crippen LogP contribution in [0.5, 0.6) is 11.5 Å². The molecule has 28 heavy (non-hydrogen) atoms. The number of hydrogen-bond donors (Lipinski definition) is 0. The molecule has 0 N–H and O–H groups in total. The fourth-order valence-corrected chi connectivity index (χ4v) is 4.67. The lowest BCUT2D eigenvalue weighted by atomic mass is 10.1. The second-order valence-corrected chi connectivity index (χ2v) is 9.36. The summed E-state index contributed by atoms with van der Waals surface area (Å²) in [5.74, 6) is 1.64. The summed E-state index contributed by atoms with van der Waals surface area (Å²) < 4.78 is 36.7. The van der Waals surface area contributed by atoms with E-state index in [2.05, 4.69) is 4.90 Å². The van der Waals surface area contributed by atoms with Gasteiger partial charge in [-0.05, 0) is 56.2 Å². The van der Waals surface area contributed by atoms with Crippen molar-refractivity contribution in [1.29, 1.82) is 0 Å². The van der Waals surface area contributed by atoms with Crippen LogP contribution in [0.3, 0.4) is 0 Å². The van der Waals surface area contributed by atoms with Crippen LogP contribution in [0.25, 0.3) is 0 Å². The lowest BCUT2D eigenvalue weighted by Crippen LogP contribution is -2.40. The van der Waals surface area contributed by atoms with Crippen LogP contribution in [0.1, 0.15) is 19.8 Å². The zero-order chi connectivity index (χ0) is 20.0. The highest BCUT2D eigenvalue weighted by Crippen LogP contribution is 2.29. The lowest BCUT2D eigenvalue weighted by molar-refractivity contribution is 0.100.